The van der Waals surface area contributed by atoms with Crippen LogP contribution in [0.4, 0.5) is 5.88 Å². The Labute approximate surface area is 96.4 Å². The third kappa shape index (κ3) is 1.77. The highest BCUT2D eigenvalue weighted by Crippen LogP contribution is 2.34. The van der Waals surface area contributed by atoms with Crippen LogP contribution in [-0.2, 0) is 0 Å². The summed E-state index contributed by atoms with van der Waals surface area (Å²) in [6, 6.07) is 4.16. The van der Waals surface area contributed by atoms with Crippen LogP contribution in [0.3, 0.4) is 0 Å². The summed E-state index contributed by atoms with van der Waals surface area (Å²) in [6.45, 7) is 4.09. The molecule has 2 N–H and O–H groups in total. The van der Waals surface area contributed by atoms with Gasteiger partial charge in [0.1, 0.15) is 0 Å². The maximum Gasteiger partial charge on any atom is 0.229 e. The molecule has 1 aromatic carbocycles. The van der Waals surface area contributed by atoms with Crippen LogP contribution < -0.4 is 5.73 Å². The van der Waals surface area contributed by atoms with Crippen LogP contribution in [0.2, 0.25) is 0 Å². The van der Waals surface area contributed by atoms with E-state index >= 15 is 0 Å². The van der Waals surface area contributed by atoms with Crippen LogP contribution in [-0.4, -0.2) is 5.16 Å². The van der Waals surface area contributed by atoms with Crippen molar-refractivity contribution >= 4 is 21.8 Å². The molecule has 0 fully saturated rings. The van der Waals surface area contributed by atoms with Crippen molar-refractivity contribution in [3.05, 3.63) is 33.9 Å². The Balaban J connectivity index is 2.68. The first-order chi connectivity index (χ1) is 7.09. The maximum absolute atomic E-state index is 5.69. The second kappa shape index (κ2) is 3.70. The van der Waals surface area contributed by atoms with Gasteiger partial charge >= 0.3 is 0 Å². The van der Waals surface area contributed by atoms with Crippen LogP contribution >= 0.6 is 15.9 Å². The number of aryl methyl sites for hydroxylation is 2. The lowest BCUT2D eigenvalue weighted by Gasteiger charge is -2.07. The van der Waals surface area contributed by atoms with E-state index in [-0.39, 0.29) is 0 Å². The van der Waals surface area contributed by atoms with Gasteiger partial charge < -0.3 is 10.3 Å². The van der Waals surface area contributed by atoms with Crippen LogP contribution in [0.25, 0.3) is 11.1 Å². The minimum absolute atomic E-state index is 0.348. The second-order valence-corrected chi connectivity index (χ2v) is 4.34. The van der Waals surface area contributed by atoms with Crippen molar-refractivity contribution < 1.29 is 4.52 Å². The number of hydrogen-bond donors (Lipinski definition) is 1. The second-order valence-electron chi connectivity index (χ2n) is 3.55. The number of hydrogen-bond acceptors (Lipinski definition) is 3. The summed E-state index contributed by atoms with van der Waals surface area (Å²) in [5, 5.41) is 3.68. The molecular weight excluding hydrogens is 256 g/mol. The van der Waals surface area contributed by atoms with E-state index < -0.39 is 0 Å². The van der Waals surface area contributed by atoms with Crippen LogP contribution in [0.5, 0.6) is 0 Å². The Morgan fingerprint density at radius 2 is 2.00 bits per heavy atom. The first-order valence-electron chi connectivity index (χ1n) is 4.57. The van der Waals surface area contributed by atoms with Crippen LogP contribution in [0.15, 0.2) is 27.3 Å². The molecule has 15 heavy (non-hydrogen) atoms. The molecule has 4 heteroatoms. The molecule has 0 atom stereocenters. The number of nitrogens with zero attached hydrogens (tertiary/aromatic N) is 1. The molecule has 0 radical (unpaired) electrons. The largest absolute Gasteiger partial charge is 0.367 e. The lowest BCUT2D eigenvalue weighted by molar-refractivity contribution is 0.436. The number of anilines is 1. The normalized spacial score (nSPS) is 10.6. The summed E-state index contributed by atoms with van der Waals surface area (Å²) in [5.74, 6) is 0.348. The van der Waals surface area contributed by atoms with Crippen molar-refractivity contribution in [1.82, 2.24) is 5.16 Å². The molecule has 2 rings (SSSR count). The van der Waals surface area contributed by atoms with E-state index in [2.05, 4.69) is 33.2 Å². The number of aromatic nitrogens is 1. The van der Waals surface area contributed by atoms with Gasteiger partial charge in [-0.05, 0) is 35.3 Å². The van der Waals surface area contributed by atoms with E-state index in [1.165, 1.54) is 11.1 Å². The molecule has 0 spiro atoms. The molecule has 0 unspecified atom stereocenters. The van der Waals surface area contributed by atoms with Crippen molar-refractivity contribution in [2.45, 2.75) is 13.8 Å². The van der Waals surface area contributed by atoms with E-state index in [1.807, 2.05) is 13.8 Å². The van der Waals surface area contributed by atoms with E-state index in [9.17, 15) is 0 Å². The van der Waals surface area contributed by atoms with Crippen molar-refractivity contribution in [3.63, 3.8) is 0 Å². The zero-order valence-electron chi connectivity index (χ0n) is 8.54. The number of nitrogen functional groups attached to an aromatic ring is 1. The molecule has 1 aromatic heterocycles. The van der Waals surface area contributed by atoms with Gasteiger partial charge in [0.25, 0.3) is 0 Å². The average molecular weight is 267 g/mol. The first-order valence-corrected chi connectivity index (χ1v) is 5.36. The highest BCUT2D eigenvalue weighted by atomic mass is 79.9. The molecule has 0 saturated heterocycles. The minimum atomic E-state index is 0.348. The van der Waals surface area contributed by atoms with Gasteiger partial charge in [-0.3, -0.25) is 0 Å². The molecule has 0 bridgehead atoms. The summed E-state index contributed by atoms with van der Waals surface area (Å²) in [7, 11) is 0. The summed E-state index contributed by atoms with van der Waals surface area (Å²) in [5.41, 5.74) is 9.90. The fraction of sp³-hybridized carbons (Fsp3) is 0.182. The Hall–Kier alpha value is -1.29. The van der Waals surface area contributed by atoms with Crippen LogP contribution in [0, 0.1) is 13.8 Å². The van der Waals surface area contributed by atoms with Crippen molar-refractivity contribution in [3.8, 4) is 11.1 Å². The topological polar surface area (TPSA) is 52.0 Å². The summed E-state index contributed by atoms with van der Waals surface area (Å²) < 4.78 is 5.89. The predicted octanol–water partition coefficient (Wildman–Crippen LogP) is 3.30. The van der Waals surface area contributed by atoms with Gasteiger partial charge in [-0.1, -0.05) is 22.9 Å². The Bertz CT molecular complexity index is 505. The van der Waals surface area contributed by atoms with Gasteiger partial charge in [0.15, 0.2) is 0 Å². The molecule has 0 aliphatic heterocycles. The van der Waals surface area contributed by atoms with Crippen molar-refractivity contribution in [2.24, 2.45) is 0 Å². The van der Waals surface area contributed by atoms with Crippen molar-refractivity contribution in [1.29, 1.82) is 0 Å². The fourth-order valence-corrected chi connectivity index (χ4v) is 2.04. The zero-order valence-corrected chi connectivity index (χ0v) is 10.1. The average Bonchev–Trinajstić information content (AvgIpc) is 2.58. The van der Waals surface area contributed by atoms with Crippen LogP contribution in [0.1, 0.15) is 11.1 Å². The molecule has 3 nitrogen and oxygen atoms in total. The quantitative estimate of drug-likeness (QED) is 0.862. The summed E-state index contributed by atoms with van der Waals surface area (Å²) in [4.78, 5) is 0. The van der Waals surface area contributed by atoms with Gasteiger partial charge in [-0.15, -0.1) is 0 Å². The van der Waals surface area contributed by atoms with Gasteiger partial charge in [0, 0.05) is 10.0 Å². The molecular formula is C11H11BrN2O. The predicted molar refractivity (Wildman–Crippen MR) is 63.5 cm³/mol. The van der Waals surface area contributed by atoms with Gasteiger partial charge in [-0.2, -0.15) is 0 Å². The number of benzene rings is 1. The molecule has 2 aromatic rings. The highest BCUT2D eigenvalue weighted by Gasteiger charge is 2.12. The highest BCUT2D eigenvalue weighted by molar-refractivity contribution is 9.10. The molecule has 0 amide bonds. The Morgan fingerprint density at radius 1 is 1.27 bits per heavy atom. The van der Waals surface area contributed by atoms with E-state index in [0.717, 1.165) is 15.6 Å². The van der Waals surface area contributed by atoms with E-state index in [4.69, 9.17) is 10.3 Å². The number of halogens is 1. The standard InChI is InChI=1S/C11H11BrN2O/c1-6-3-7(2)10(12)8(4-6)9-5-14-15-11(9)13/h3-5H,13H2,1-2H3. The van der Waals surface area contributed by atoms with Gasteiger partial charge in [-0.25, -0.2) is 0 Å². The summed E-state index contributed by atoms with van der Waals surface area (Å²) >= 11 is 3.54. The molecule has 78 valence electrons. The fourth-order valence-electron chi connectivity index (χ4n) is 1.60. The monoisotopic (exact) mass is 266 g/mol. The third-order valence-electron chi connectivity index (χ3n) is 2.29. The number of nitrogens with two attached hydrogens (primary N) is 1. The SMILES string of the molecule is Cc1cc(C)c(Br)c(-c2cnoc2N)c1. The molecule has 0 saturated carbocycles. The Morgan fingerprint density at radius 3 is 2.60 bits per heavy atom. The van der Waals surface area contributed by atoms with Gasteiger partial charge in [0.05, 0.1) is 11.8 Å². The lowest BCUT2D eigenvalue weighted by atomic mass is 10.0. The lowest BCUT2D eigenvalue weighted by Crippen LogP contribution is -1.89. The smallest absolute Gasteiger partial charge is 0.229 e. The van der Waals surface area contributed by atoms with Gasteiger partial charge in [0.2, 0.25) is 5.88 Å². The first kappa shape index (κ1) is 10.2. The number of rotatable bonds is 1. The molecule has 0 aliphatic rings. The Kier molecular flexibility index (Phi) is 2.52. The van der Waals surface area contributed by atoms with Crippen molar-refractivity contribution in [2.75, 3.05) is 5.73 Å². The zero-order chi connectivity index (χ0) is 11.0. The van der Waals surface area contributed by atoms with E-state index in [1.54, 1.807) is 6.20 Å². The molecule has 1 heterocycles. The maximum atomic E-state index is 5.69. The minimum Gasteiger partial charge on any atom is -0.367 e. The third-order valence-corrected chi connectivity index (χ3v) is 3.34. The molecule has 0 aliphatic carbocycles. The van der Waals surface area contributed by atoms with E-state index in [0.29, 0.717) is 5.88 Å². The summed E-state index contributed by atoms with van der Waals surface area (Å²) in [6.07, 6.45) is 1.63.